The van der Waals surface area contributed by atoms with Crippen LogP contribution in [0.5, 0.6) is 5.75 Å². The molecule has 2 rings (SSSR count). The molecule has 0 saturated carbocycles. The van der Waals surface area contributed by atoms with Gasteiger partial charge in [0, 0.05) is 11.1 Å². The first kappa shape index (κ1) is 16.2. The summed E-state index contributed by atoms with van der Waals surface area (Å²) in [4.78, 5) is 23.7. The van der Waals surface area contributed by atoms with Crippen LogP contribution in [0.25, 0.3) is 0 Å². The van der Waals surface area contributed by atoms with Crippen LogP contribution in [0.15, 0.2) is 42.5 Å². The summed E-state index contributed by atoms with van der Waals surface area (Å²) >= 11 is 2.05. The smallest absolute Gasteiger partial charge is 0.269 e. The quantitative estimate of drug-likeness (QED) is 0.600. The van der Waals surface area contributed by atoms with Crippen LogP contribution in [0.4, 0.5) is 4.39 Å². The highest BCUT2D eigenvalue weighted by atomic mass is 127. The van der Waals surface area contributed by atoms with Gasteiger partial charge in [0.1, 0.15) is 11.6 Å². The molecule has 2 amide bonds. The molecular formula is C15H12FIN2O3. The molecule has 0 bridgehead atoms. The van der Waals surface area contributed by atoms with Gasteiger partial charge in [0.25, 0.3) is 11.8 Å². The predicted octanol–water partition coefficient (Wildman–Crippen LogP) is 2.51. The van der Waals surface area contributed by atoms with Gasteiger partial charge in [-0.2, -0.15) is 0 Å². The molecule has 0 aliphatic heterocycles. The lowest BCUT2D eigenvalue weighted by atomic mass is 10.2. The average Bonchev–Trinajstić information content (AvgIpc) is 2.52. The Morgan fingerprint density at radius 1 is 1.00 bits per heavy atom. The van der Waals surface area contributed by atoms with Crippen molar-refractivity contribution in [1.29, 1.82) is 0 Å². The summed E-state index contributed by atoms with van der Waals surface area (Å²) in [5.74, 6) is -0.770. The maximum atomic E-state index is 12.8. The van der Waals surface area contributed by atoms with Crippen molar-refractivity contribution >= 4 is 34.4 Å². The second kappa shape index (κ2) is 7.21. The summed E-state index contributed by atoms with van der Waals surface area (Å²) in [5, 5.41) is 0. The third-order valence-electron chi connectivity index (χ3n) is 2.81. The van der Waals surface area contributed by atoms with E-state index in [-0.39, 0.29) is 5.56 Å². The number of halogens is 2. The molecule has 0 unspecified atom stereocenters. The number of amides is 2. The minimum absolute atomic E-state index is 0.242. The van der Waals surface area contributed by atoms with E-state index in [9.17, 15) is 14.0 Å². The molecule has 2 aromatic rings. The van der Waals surface area contributed by atoms with Gasteiger partial charge >= 0.3 is 0 Å². The highest BCUT2D eigenvalue weighted by Gasteiger charge is 2.11. The van der Waals surface area contributed by atoms with Gasteiger partial charge in [0.15, 0.2) is 0 Å². The van der Waals surface area contributed by atoms with Crippen molar-refractivity contribution in [3.8, 4) is 5.75 Å². The van der Waals surface area contributed by atoms with Crippen LogP contribution in [0.3, 0.4) is 0 Å². The van der Waals surface area contributed by atoms with Crippen LogP contribution in [-0.2, 0) is 0 Å². The lowest BCUT2D eigenvalue weighted by Gasteiger charge is -2.09. The number of hydrogen-bond acceptors (Lipinski definition) is 3. The van der Waals surface area contributed by atoms with E-state index in [1.165, 1.54) is 24.3 Å². The Kier molecular flexibility index (Phi) is 5.31. The summed E-state index contributed by atoms with van der Waals surface area (Å²) < 4.78 is 18.7. The van der Waals surface area contributed by atoms with E-state index in [4.69, 9.17) is 4.74 Å². The van der Waals surface area contributed by atoms with E-state index in [0.29, 0.717) is 11.3 Å². The molecule has 7 heteroatoms. The zero-order chi connectivity index (χ0) is 16.1. The van der Waals surface area contributed by atoms with Gasteiger partial charge in [0.05, 0.1) is 10.7 Å². The molecule has 2 N–H and O–H groups in total. The van der Waals surface area contributed by atoms with Gasteiger partial charge in [-0.05, 0) is 65.1 Å². The lowest BCUT2D eigenvalue weighted by Crippen LogP contribution is -2.41. The number of benzene rings is 2. The first-order valence-corrected chi connectivity index (χ1v) is 7.29. The molecule has 2 aromatic carbocycles. The van der Waals surface area contributed by atoms with Crippen molar-refractivity contribution in [3.63, 3.8) is 0 Å². The van der Waals surface area contributed by atoms with Gasteiger partial charge in [-0.1, -0.05) is 0 Å². The molecule has 0 fully saturated rings. The molecule has 22 heavy (non-hydrogen) atoms. The van der Waals surface area contributed by atoms with Crippen molar-refractivity contribution in [3.05, 3.63) is 63.0 Å². The molecule has 0 saturated heterocycles. The maximum absolute atomic E-state index is 12.8. The molecule has 5 nitrogen and oxygen atoms in total. The Labute approximate surface area is 140 Å². The normalized spacial score (nSPS) is 9.95. The van der Waals surface area contributed by atoms with Crippen LogP contribution in [0.1, 0.15) is 20.7 Å². The minimum Gasteiger partial charge on any atom is -0.496 e. The third kappa shape index (κ3) is 3.94. The zero-order valence-electron chi connectivity index (χ0n) is 11.5. The highest BCUT2D eigenvalue weighted by Crippen LogP contribution is 2.21. The van der Waals surface area contributed by atoms with Crippen molar-refractivity contribution in [2.24, 2.45) is 0 Å². The fraction of sp³-hybridized carbons (Fsp3) is 0.0667. The van der Waals surface area contributed by atoms with E-state index in [1.807, 2.05) is 22.6 Å². The number of hydrogen-bond donors (Lipinski definition) is 2. The molecule has 0 aliphatic rings. The fourth-order valence-electron chi connectivity index (χ4n) is 1.67. The van der Waals surface area contributed by atoms with Crippen LogP contribution in [-0.4, -0.2) is 18.9 Å². The molecule has 0 aliphatic carbocycles. The van der Waals surface area contributed by atoms with Crippen LogP contribution in [0, 0.1) is 9.39 Å². The Morgan fingerprint density at radius 3 is 2.09 bits per heavy atom. The average molecular weight is 414 g/mol. The summed E-state index contributed by atoms with van der Waals surface area (Å²) in [5.41, 5.74) is 5.19. The third-order valence-corrected chi connectivity index (χ3v) is 3.65. The van der Waals surface area contributed by atoms with E-state index in [2.05, 4.69) is 10.9 Å². The van der Waals surface area contributed by atoms with Gasteiger partial charge in [-0.3, -0.25) is 20.4 Å². The maximum Gasteiger partial charge on any atom is 0.269 e. The molecule has 0 spiro atoms. The zero-order valence-corrected chi connectivity index (χ0v) is 13.7. The monoisotopic (exact) mass is 414 g/mol. The summed E-state index contributed by atoms with van der Waals surface area (Å²) in [7, 11) is 1.54. The predicted molar refractivity (Wildman–Crippen MR) is 87.0 cm³/mol. The van der Waals surface area contributed by atoms with E-state index < -0.39 is 17.6 Å². The second-order valence-corrected chi connectivity index (χ2v) is 5.43. The molecule has 0 radical (unpaired) electrons. The van der Waals surface area contributed by atoms with Crippen molar-refractivity contribution in [1.82, 2.24) is 10.9 Å². The number of ether oxygens (including phenoxy) is 1. The first-order chi connectivity index (χ1) is 10.5. The van der Waals surface area contributed by atoms with E-state index in [1.54, 1.807) is 25.3 Å². The number of nitrogens with one attached hydrogen (secondary N) is 2. The fourth-order valence-corrected chi connectivity index (χ4v) is 2.40. The Balaban J connectivity index is 1.99. The summed E-state index contributed by atoms with van der Waals surface area (Å²) in [6, 6.07) is 9.88. The van der Waals surface area contributed by atoms with Gasteiger partial charge in [0.2, 0.25) is 0 Å². The van der Waals surface area contributed by atoms with Gasteiger partial charge < -0.3 is 4.74 Å². The van der Waals surface area contributed by atoms with Gasteiger partial charge in [-0.15, -0.1) is 0 Å². The number of rotatable bonds is 3. The molecule has 0 atom stereocenters. The Bertz CT molecular complexity index is 704. The number of hydrazine groups is 1. The SMILES string of the molecule is COc1ccc(C(=O)NNC(=O)c2ccc(F)cc2)cc1I. The molecule has 114 valence electrons. The molecular weight excluding hydrogens is 402 g/mol. The van der Waals surface area contributed by atoms with Crippen LogP contribution >= 0.6 is 22.6 Å². The number of methoxy groups -OCH3 is 1. The lowest BCUT2D eigenvalue weighted by molar-refractivity contribution is 0.0846. The topological polar surface area (TPSA) is 67.4 Å². The summed E-state index contributed by atoms with van der Waals surface area (Å²) in [6.45, 7) is 0. The van der Waals surface area contributed by atoms with Crippen LogP contribution in [0.2, 0.25) is 0 Å². The number of carbonyl (C=O) groups is 2. The second-order valence-electron chi connectivity index (χ2n) is 4.26. The van der Waals surface area contributed by atoms with Crippen molar-refractivity contribution < 1.29 is 18.7 Å². The first-order valence-electron chi connectivity index (χ1n) is 6.21. The van der Waals surface area contributed by atoms with E-state index in [0.717, 1.165) is 3.57 Å². The van der Waals surface area contributed by atoms with Crippen molar-refractivity contribution in [2.45, 2.75) is 0 Å². The van der Waals surface area contributed by atoms with Crippen LogP contribution < -0.4 is 15.6 Å². The minimum atomic E-state index is -0.531. The molecule has 0 aromatic heterocycles. The molecule has 0 heterocycles. The Morgan fingerprint density at radius 2 is 1.55 bits per heavy atom. The van der Waals surface area contributed by atoms with E-state index >= 15 is 0 Å². The standard InChI is InChI=1S/C15H12FIN2O3/c1-22-13-7-4-10(8-12(13)17)15(21)19-18-14(20)9-2-5-11(16)6-3-9/h2-8H,1H3,(H,18,20)(H,19,21). The Hall–Kier alpha value is -2.16. The number of carbonyl (C=O) groups excluding carboxylic acids is 2. The van der Waals surface area contributed by atoms with Crippen molar-refractivity contribution in [2.75, 3.05) is 7.11 Å². The largest absolute Gasteiger partial charge is 0.496 e. The highest BCUT2D eigenvalue weighted by molar-refractivity contribution is 14.1. The summed E-state index contributed by atoms with van der Waals surface area (Å²) in [6.07, 6.45) is 0. The van der Waals surface area contributed by atoms with Gasteiger partial charge in [-0.25, -0.2) is 4.39 Å².